The minimum absolute atomic E-state index is 0.333. The van der Waals surface area contributed by atoms with Crippen LogP contribution in [-0.2, 0) is 4.79 Å². The Bertz CT molecular complexity index is 348. The van der Waals surface area contributed by atoms with Gasteiger partial charge in [-0.25, -0.2) is 0 Å². The largest absolute Gasteiger partial charge is 0.298 e. The normalized spacial score (nSPS) is 34.1. The predicted octanol–water partition coefficient (Wildman–Crippen LogP) is 3.90. The van der Waals surface area contributed by atoms with Gasteiger partial charge in [0.05, 0.1) is 0 Å². The third-order valence-corrected chi connectivity index (χ3v) is 4.43. The van der Waals surface area contributed by atoms with Gasteiger partial charge in [0.25, 0.3) is 0 Å². The summed E-state index contributed by atoms with van der Waals surface area (Å²) in [7, 11) is 0. The van der Waals surface area contributed by atoms with Gasteiger partial charge in [0, 0.05) is 0 Å². The lowest BCUT2D eigenvalue weighted by molar-refractivity contribution is -0.105. The second kappa shape index (κ2) is 4.20. The molecule has 2 aliphatic carbocycles. The Morgan fingerprint density at radius 2 is 2.19 bits per heavy atom. The molecule has 16 heavy (non-hydrogen) atoms. The highest BCUT2D eigenvalue weighted by Gasteiger charge is 2.40. The van der Waals surface area contributed by atoms with Gasteiger partial charge >= 0.3 is 0 Å². The van der Waals surface area contributed by atoms with E-state index in [1.54, 1.807) is 5.57 Å². The number of fused-ring (bicyclic) bond motifs is 1. The van der Waals surface area contributed by atoms with E-state index in [0.717, 1.165) is 36.5 Å². The molecule has 0 heterocycles. The molecule has 1 fully saturated rings. The van der Waals surface area contributed by atoms with Crippen LogP contribution in [0.4, 0.5) is 0 Å². The van der Waals surface area contributed by atoms with Crippen molar-refractivity contribution in [3.8, 4) is 0 Å². The average Bonchev–Trinajstić information content (AvgIpc) is 2.48. The summed E-state index contributed by atoms with van der Waals surface area (Å²) in [5, 5.41) is 0. The molecule has 0 unspecified atom stereocenters. The molecule has 0 radical (unpaired) electrons. The minimum atomic E-state index is 0.333. The van der Waals surface area contributed by atoms with E-state index in [1.165, 1.54) is 12.8 Å². The minimum Gasteiger partial charge on any atom is -0.298 e. The van der Waals surface area contributed by atoms with Gasteiger partial charge in [-0.1, -0.05) is 38.5 Å². The molecule has 1 saturated carbocycles. The number of rotatable bonds is 2. The second-order valence-corrected chi connectivity index (χ2v) is 5.91. The van der Waals surface area contributed by atoms with Crippen LogP contribution in [0.3, 0.4) is 0 Å². The smallest absolute Gasteiger partial charge is 0.146 e. The molecule has 1 nitrogen and oxygen atoms in total. The molecule has 0 aromatic rings. The van der Waals surface area contributed by atoms with Crippen molar-refractivity contribution >= 4 is 6.29 Å². The summed E-state index contributed by atoms with van der Waals surface area (Å²) in [6, 6.07) is 0. The van der Waals surface area contributed by atoms with Gasteiger partial charge < -0.3 is 0 Å². The molecule has 2 rings (SSSR count). The first-order valence-electron chi connectivity index (χ1n) is 6.41. The van der Waals surface area contributed by atoms with Crippen LogP contribution in [0.2, 0.25) is 0 Å². The second-order valence-electron chi connectivity index (χ2n) is 5.91. The van der Waals surface area contributed by atoms with Crippen LogP contribution in [0.25, 0.3) is 0 Å². The van der Waals surface area contributed by atoms with Crippen molar-refractivity contribution in [1.82, 2.24) is 0 Å². The first-order valence-corrected chi connectivity index (χ1v) is 6.41. The van der Waals surface area contributed by atoms with E-state index >= 15 is 0 Å². The van der Waals surface area contributed by atoms with Gasteiger partial charge in [-0.3, -0.25) is 4.79 Å². The fraction of sp³-hybridized carbons (Fsp3) is 0.667. The summed E-state index contributed by atoms with van der Waals surface area (Å²) < 4.78 is 0. The number of aldehydes is 1. The Kier molecular flexibility index (Phi) is 3.05. The third-order valence-electron chi connectivity index (χ3n) is 4.43. The fourth-order valence-corrected chi connectivity index (χ4v) is 3.30. The van der Waals surface area contributed by atoms with Gasteiger partial charge in [0.2, 0.25) is 0 Å². The molecule has 0 aliphatic heterocycles. The van der Waals surface area contributed by atoms with Crippen molar-refractivity contribution in [1.29, 1.82) is 0 Å². The topological polar surface area (TPSA) is 17.1 Å². The maximum atomic E-state index is 10.9. The van der Waals surface area contributed by atoms with Gasteiger partial charge in [-0.15, -0.1) is 0 Å². The molecule has 0 spiro atoms. The molecule has 0 saturated heterocycles. The van der Waals surface area contributed by atoms with Crippen molar-refractivity contribution in [3.63, 3.8) is 0 Å². The van der Waals surface area contributed by atoms with Gasteiger partial charge in [-0.05, 0) is 48.5 Å². The summed E-state index contributed by atoms with van der Waals surface area (Å²) in [4.78, 5) is 10.9. The van der Waals surface area contributed by atoms with Crippen LogP contribution in [0, 0.1) is 17.3 Å². The van der Waals surface area contributed by atoms with Crippen molar-refractivity contribution in [2.24, 2.45) is 17.3 Å². The van der Waals surface area contributed by atoms with E-state index < -0.39 is 0 Å². The lowest BCUT2D eigenvalue weighted by Crippen LogP contribution is -2.16. The quantitative estimate of drug-likeness (QED) is 0.507. The van der Waals surface area contributed by atoms with Crippen LogP contribution in [0.1, 0.15) is 46.5 Å². The molecular weight excluding hydrogens is 196 g/mol. The molecule has 0 bridgehead atoms. The lowest BCUT2D eigenvalue weighted by atomic mass is 9.78. The molecular formula is C15H22O. The number of hydrogen-bond donors (Lipinski definition) is 0. The fourth-order valence-electron chi connectivity index (χ4n) is 3.30. The van der Waals surface area contributed by atoms with Crippen LogP contribution in [-0.4, -0.2) is 6.29 Å². The molecule has 2 atom stereocenters. The zero-order valence-corrected chi connectivity index (χ0v) is 10.6. The van der Waals surface area contributed by atoms with E-state index in [1.807, 2.05) is 0 Å². The molecule has 0 aromatic carbocycles. The Hall–Kier alpha value is -0.850. The number of carbonyl (C=O) groups excluding carboxylic acids is 1. The highest BCUT2D eigenvalue weighted by Crippen LogP contribution is 2.52. The van der Waals surface area contributed by atoms with Crippen molar-refractivity contribution in [2.75, 3.05) is 0 Å². The SMILES string of the molecule is CC(C)[C@H]1CC[C@]2(C)CC=C(C=O)CC=C12. The summed E-state index contributed by atoms with van der Waals surface area (Å²) in [6.07, 6.45) is 10.0. The summed E-state index contributed by atoms with van der Waals surface area (Å²) in [6.45, 7) is 7.00. The highest BCUT2D eigenvalue weighted by atomic mass is 16.1. The van der Waals surface area contributed by atoms with E-state index in [-0.39, 0.29) is 0 Å². The van der Waals surface area contributed by atoms with E-state index in [0.29, 0.717) is 5.41 Å². The molecule has 0 amide bonds. The first-order chi connectivity index (χ1) is 7.57. The Morgan fingerprint density at radius 3 is 2.81 bits per heavy atom. The number of carbonyl (C=O) groups is 1. The van der Waals surface area contributed by atoms with Gasteiger partial charge in [0.1, 0.15) is 6.29 Å². The first kappa shape index (κ1) is 11.6. The van der Waals surface area contributed by atoms with Crippen molar-refractivity contribution in [3.05, 3.63) is 23.3 Å². The zero-order chi connectivity index (χ0) is 11.8. The van der Waals surface area contributed by atoms with Crippen LogP contribution < -0.4 is 0 Å². The van der Waals surface area contributed by atoms with Crippen LogP contribution >= 0.6 is 0 Å². The van der Waals surface area contributed by atoms with E-state index in [4.69, 9.17) is 0 Å². The van der Waals surface area contributed by atoms with Crippen LogP contribution in [0.15, 0.2) is 23.3 Å². The maximum Gasteiger partial charge on any atom is 0.146 e. The molecule has 88 valence electrons. The van der Waals surface area contributed by atoms with Gasteiger partial charge in [0.15, 0.2) is 0 Å². The van der Waals surface area contributed by atoms with E-state index in [9.17, 15) is 4.79 Å². The van der Waals surface area contributed by atoms with Gasteiger partial charge in [-0.2, -0.15) is 0 Å². The molecule has 1 heteroatoms. The molecule has 0 N–H and O–H groups in total. The maximum absolute atomic E-state index is 10.9. The summed E-state index contributed by atoms with van der Waals surface area (Å²) in [5.41, 5.74) is 2.92. The number of allylic oxidation sites excluding steroid dienone is 4. The Morgan fingerprint density at radius 1 is 1.44 bits per heavy atom. The van der Waals surface area contributed by atoms with Crippen molar-refractivity contribution < 1.29 is 4.79 Å². The third kappa shape index (κ3) is 1.88. The van der Waals surface area contributed by atoms with Crippen molar-refractivity contribution in [2.45, 2.75) is 46.5 Å². The van der Waals surface area contributed by atoms with Crippen LogP contribution in [0.5, 0.6) is 0 Å². The highest BCUT2D eigenvalue weighted by molar-refractivity contribution is 5.74. The van der Waals surface area contributed by atoms with E-state index in [2.05, 4.69) is 32.9 Å². The summed E-state index contributed by atoms with van der Waals surface area (Å²) in [5.74, 6) is 1.47. The standard InChI is InChI=1S/C15H22O/c1-11(2)13-7-9-15(3)8-6-12(10-16)4-5-14(13)15/h5-6,10-11,13H,4,7-9H2,1-3H3/t13-,15+/m1/s1. The lowest BCUT2D eigenvalue weighted by Gasteiger charge is -2.27. The molecule has 0 aromatic heterocycles. The summed E-state index contributed by atoms with van der Waals surface area (Å²) >= 11 is 0. The Balaban J connectivity index is 2.30. The predicted molar refractivity (Wildman–Crippen MR) is 67.1 cm³/mol. The number of hydrogen-bond acceptors (Lipinski definition) is 1. The Labute approximate surface area is 98.6 Å². The zero-order valence-electron chi connectivity index (χ0n) is 10.6. The molecule has 2 aliphatic rings. The monoisotopic (exact) mass is 218 g/mol. The average molecular weight is 218 g/mol.